The molecule has 0 spiro atoms. The minimum atomic E-state index is -0.988. The van der Waals surface area contributed by atoms with Crippen LogP contribution in [0.3, 0.4) is 0 Å². The number of aliphatic carboxylic acids is 1. The predicted octanol–water partition coefficient (Wildman–Crippen LogP) is 3.56. The molecule has 2 atom stereocenters. The number of carbonyl (C=O) groups excluding carboxylic acids is 2. The molecular formula is C24H26FN3O4S. The topological polar surface area (TPSA) is 92.5 Å². The maximum Gasteiger partial charge on any atom is 0.325 e. The Labute approximate surface area is 195 Å². The fourth-order valence-corrected chi connectivity index (χ4v) is 5.21. The molecule has 0 radical (unpaired) electrons. The Morgan fingerprint density at radius 1 is 1.27 bits per heavy atom. The molecular weight excluding hydrogens is 445 g/mol. The van der Waals surface area contributed by atoms with Gasteiger partial charge in [0.1, 0.15) is 12.4 Å². The molecule has 2 heterocycles. The van der Waals surface area contributed by atoms with E-state index in [0.29, 0.717) is 25.1 Å². The van der Waals surface area contributed by atoms with E-state index in [4.69, 9.17) is 5.11 Å². The Hall–Kier alpha value is -2.78. The van der Waals surface area contributed by atoms with Gasteiger partial charge in [-0.15, -0.1) is 0 Å². The third-order valence-corrected chi connectivity index (χ3v) is 7.06. The first-order valence-electron chi connectivity index (χ1n) is 11.0. The second kappa shape index (κ2) is 10.0. The molecule has 1 N–H and O–H groups in total. The number of carboxylic acid groups (broad SMARTS) is 1. The summed E-state index contributed by atoms with van der Waals surface area (Å²) in [5.41, 5.74) is 2.04. The fraction of sp³-hybridized carbons (Fsp3) is 0.417. The van der Waals surface area contributed by atoms with E-state index in [9.17, 15) is 18.8 Å². The van der Waals surface area contributed by atoms with Crippen LogP contribution in [0.4, 0.5) is 4.39 Å². The van der Waals surface area contributed by atoms with Crippen molar-refractivity contribution in [3.8, 4) is 0 Å². The van der Waals surface area contributed by atoms with Crippen molar-refractivity contribution in [2.45, 2.75) is 44.0 Å². The normalized spacial score (nSPS) is 21.2. The number of aromatic nitrogens is 2. The molecule has 1 aliphatic heterocycles. The average molecular weight is 472 g/mol. The molecule has 1 aromatic heterocycles. The fourth-order valence-electron chi connectivity index (χ4n) is 4.29. The molecule has 0 amide bonds. The number of carboxylic acids is 1. The number of piperidine rings is 1. The summed E-state index contributed by atoms with van der Waals surface area (Å²) in [5.74, 6) is -1.36. The van der Waals surface area contributed by atoms with Crippen molar-refractivity contribution < 1.29 is 23.9 Å². The van der Waals surface area contributed by atoms with Crippen molar-refractivity contribution in [1.29, 1.82) is 0 Å². The van der Waals surface area contributed by atoms with E-state index in [-0.39, 0.29) is 28.6 Å². The number of benzene rings is 1. The summed E-state index contributed by atoms with van der Waals surface area (Å²) in [6.45, 7) is 2.26. The summed E-state index contributed by atoms with van der Waals surface area (Å²) >= 11 is 1.25. The standard InChI is InChI=1S/C24H26FN3O4S/c1-15(29)33-21-8-9-27(13-18(21)10-16-11-26-28(12-16)14-22(30)31)23(24(32)17-6-7-17)19-4-2-3-5-20(19)25/h2-5,10-12,17,21,23H,6-9,13-14H2,1H3,(H,30,31). The van der Waals surface area contributed by atoms with Crippen LogP contribution in [0, 0.1) is 11.7 Å². The quantitative estimate of drug-likeness (QED) is 0.629. The highest BCUT2D eigenvalue weighted by Crippen LogP contribution is 2.40. The summed E-state index contributed by atoms with van der Waals surface area (Å²) in [4.78, 5) is 38.1. The van der Waals surface area contributed by atoms with E-state index in [2.05, 4.69) is 5.10 Å². The van der Waals surface area contributed by atoms with E-state index in [1.165, 1.54) is 29.4 Å². The lowest BCUT2D eigenvalue weighted by molar-refractivity contribution is -0.138. The molecule has 9 heteroatoms. The molecule has 1 saturated heterocycles. The Bertz CT molecular complexity index is 1090. The number of thioether (sulfide) groups is 1. The number of Topliss-reactive ketones (excluding diaryl/α,β-unsaturated/α-hetero) is 1. The van der Waals surface area contributed by atoms with Crippen molar-refractivity contribution in [2.24, 2.45) is 5.92 Å². The minimum Gasteiger partial charge on any atom is -0.480 e. The van der Waals surface area contributed by atoms with E-state index in [1.54, 1.807) is 30.6 Å². The zero-order valence-electron chi connectivity index (χ0n) is 18.3. The number of likely N-dealkylation sites (tertiary alicyclic amines) is 1. The number of rotatable bonds is 8. The van der Waals surface area contributed by atoms with Crippen LogP contribution in [-0.4, -0.2) is 55.0 Å². The number of hydrogen-bond acceptors (Lipinski definition) is 6. The molecule has 0 bridgehead atoms. The zero-order chi connectivity index (χ0) is 23.5. The van der Waals surface area contributed by atoms with Gasteiger partial charge in [0, 0.05) is 48.5 Å². The summed E-state index contributed by atoms with van der Waals surface area (Å²) < 4.78 is 16.1. The second-order valence-corrected chi connectivity index (χ2v) is 9.92. The molecule has 174 valence electrons. The lowest BCUT2D eigenvalue weighted by atomic mass is 9.93. The largest absolute Gasteiger partial charge is 0.480 e. The molecule has 33 heavy (non-hydrogen) atoms. The Morgan fingerprint density at radius 3 is 2.70 bits per heavy atom. The smallest absolute Gasteiger partial charge is 0.325 e. The van der Waals surface area contributed by atoms with Gasteiger partial charge in [-0.25, -0.2) is 4.39 Å². The predicted molar refractivity (Wildman–Crippen MR) is 123 cm³/mol. The summed E-state index contributed by atoms with van der Waals surface area (Å²) in [5, 5.41) is 13.0. The van der Waals surface area contributed by atoms with Gasteiger partial charge in [0.2, 0.25) is 0 Å². The van der Waals surface area contributed by atoms with Gasteiger partial charge in [-0.05, 0) is 30.9 Å². The monoisotopic (exact) mass is 471 g/mol. The van der Waals surface area contributed by atoms with Crippen LogP contribution in [0.5, 0.6) is 0 Å². The first-order chi connectivity index (χ1) is 15.8. The summed E-state index contributed by atoms with van der Waals surface area (Å²) in [7, 11) is 0. The average Bonchev–Trinajstić information content (AvgIpc) is 3.52. The molecule has 2 aliphatic rings. The number of halogens is 1. The second-order valence-electron chi connectivity index (χ2n) is 8.54. The van der Waals surface area contributed by atoms with Crippen LogP contribution in [-0.2, 0) is 20.9 Å². The van der Waals surface area contributed by atoms with Gasteiger partial charge in [-0.3, -0.25) is 24.0 Å². The minimum absolute atomic E-state index is 0.000586. The van der Waals surface area contributed by atoms with Gasteiger partial charge >= 0.3 is 5.97 Å². The summed E-state index contributed by atoms with van der Waals surface area (Å²) in [6.07, 6.45) is 7.44. The maximum atomic E-state index is 14.7. The SMILES string of the molecule is CC(=O)SC1CCN(C(C(=O)C2CC2)c2ccccc2F)CC1=Cc1cnn(CC(=O)O)c1. The Balaban J connectivity index is 1.64. The molecule has 1 aliphatic carbocycles. The van der Waals surface area contributed by atoms with Crippen LogP contribution < -0.4 is 0 Å². The lowest BCUT2D eigenvalue weighted by Crippen LogP contribution is -2.43. The van der Waals surface area contributed by atoms with E-state index >= 15 is 0 Å². The van der Waals surface area contributed by atoms with Gasteiger partial charge in [0.25, 0.3) is 0 Å². The van der Waals surface area contributed by atoms with Gasteiger partial charge < -0.3 is 5.11 Å². The molecule has 2 fully saturated rings. The third kappa shape index (κ3) is 5.78. The van der Waals surface area contributed by atoms with Crippen molar-refractivity contribution in [2.75, 3.05) is 13.1 Å². The van der Waals surface area contributed by atoms with Crippen molar-refractivity contribution >= 4 is 34.7 Å². The van der Waals surface area contributed by atoms with Crippen LogP contribution >= 0.6 is 11.8 Å². The molecule has 2 aromatic rings. The third-order valence-electron chi connectivity index (χ3n) is 5.90. The van der Waals surface area contributed by atoms with Crippen LogP contribution in [0.2, 0.25) is 0 Å². The molecule has 2 unspecified atom stereocenters. The van der Waals surface area contributed by atoms with Crippen LogP contribution in [0.15, 0.2) is 42.2 Å². The highest BCUT2D eigenvalue weighted by Gasteiger charge is 2.41. The highest BCUT2D eigenvalue weighted by molar-refractivity contribution is 8.14. The van der Waals surface area contributed by atoms with Gasteiger partial charge in [0.15, 0.2) is 10.9 Å². The first-order valence-corrected chi connectivity index (χ1v) is 11.8. The van der Waals surface area contributed by atoms with Crippen molar-refractivity contribution in [1.82, 2.24) is 14.7 Å². The van der Waals surface area contributed by atoms with Crippen LogP contribution in [0.25, 0.3) is 6.08 Å². The number of ketones is 1. The number of nitrogens with zero attached hydrogens (tertiary/aromatic N) is 3. The number of carbonyl (C=O) groups is 3. The lowest BCUT2D eigenvalue weighted by Gasteiger charge is -2.38. The van der Waals surface area contributed by atoms with Crippen molar-refractivity contribution in [3.63, 3.8) is 0 Å². The zero-order valence-corrected chi connectivity index (χ0v) is 19.1. The maximum absolute atomic E-state index is 14.7. The molecule has 4 rings (SSSR count). The highest BCUT2D eigenvalue weighted by atomic mass is 32.2. The first kappa shape index (κ1) is 23.4. The number of hydrogen-bond donors (Lipinski definition) is 1. The van der Waals surface area contributed by atoms with E-state index in [0.717, 1.165) is 24.0 Å². The van der Waals surface area contributed by atoms with Gasteiger partial charge in [-0.1, -0.05) is 36.0 Å². The van der Waals surface area contributed by atoms with E-state index < -0.39 is 17.8 Å². The Kier molecular flexibility index (Phi) is 7.09. The molecule has 1 aromatic carbocycles. The van der Waals surface area contributed by atoms with Gasteiger partial charge in [0.05, 0.1) is 12.2 Å². The molecule has 7 nitrogen and oxygen atoms in total. The van der Waals surface area contributed by atoms with Gasteiger partial charge in [-0.2, -0.15) is 5.10 Å². The Morgan fingerprint density at radius 2 is 2.03 bits per heavy atom. The summed E-state index contributed by atoms with van der Waals surface area (Å²) in [6, 6.07) is 5.76. The van der Waals surface area contributed by atoms with Crippen LogP contribution in [0.1, 0.15) is 43.4 Å². The van der Waals surface area contributed by atoms with E-state index in [1.807, 2.05) is 11.0 Å². The molecule has 1 saturated carbocycles. The van der Waals surface area contributed by atoms with Crippen molar-refractivity contribution in [3.05, 3.63) is 59.2 Å².